The molecule has 6 heteroatoms. The Morgan fingerprint density at radius 1 is 1.25 bits per heavy atom. The zero-order valence-electron chi connectivity index (χ0n) is 14.6. The summed E-state index contributed by atoms with van der Waals surface area (Å²) in [6, 6.07) is 4.26. The maximum Gasteiger partial charge on any atom is 0.264 e. The summed E-state index contributed by atoms with van der Waals surface area (Å²) in [7, 11) is 0. The smallest absolute Gasteiger partial charge is 0.264 e. The first-order chi connectivity index (χ1) is 11.5. The molecule has 2 heterocycles. The highest BCUT2D eigenvalue weighted by Crippen LogP contribution is 2.27. The number of piperazine rings is 1. The van der Waals surface area contributed by atoms with E-state index in [1.807, 2.05) is 22.4 Å². The average molecular weight is 350 g/mol. The molecule has 0 atom stereocenters. The fourth-order valence-corrected chi connectivity index (χ4v) is 3.87. The zero-order valence-corrected chi connectivity index (χ0v) is 15.4. The summed E-state index contributed by atoms with van der Waals surface area (Å²) in [5.41, 5.74) is 0. The monoisotopic (exact) mass is 349 g/mol. The Hall–Kier alpha value is -1.40. The number of amides is 2. The Morgan fingerprint density at radius 3 is 2.50 bits per heavy atom. The third-order valence-corrected chi connectivity index (χ3v) is 5.48. The van der Waals surface area contributed by atoms with Crippen LogP contribution in [0, 0.1) is 5.92 Å². The summed E-state index contributed by atoms with van der Waals surface area (Å²) in [6.07, 6.45) is 2.31. The lowest BCUT2D eigenvalue weighted by Crippen LogP contribution is -2.52. The molecule has 0 N–H and O–H groups in total. The van der Waals surface area contributed by atoms with Crippen molar-refractivity contribution in [1.82, 2.24) is 14.7 Å². The molecule has 3 rings (SSSR count). The van der Waals surface area contributed by atoms with E-state index >= 15 is 0 Å². The van der Waals surface area contributed by atoms with Gasteiger partial charge in [-0.05, 0) is 30.2 Å². The predicted octanol–water partition coefficient (Wildman–Crippen LogP) is 2.15. The first-order valence-electron chi connectivity index (χ1n) is 8.89. The van der Waals surface area contributed by atoms with Gasteiger partial charge in [-0.15, -0.1) is 11.3 Å². The molecule has 2 fully saturated rings. The van der Waals surface area contributed by atoms with Gasteiger partial charge < -0.3 is 9.80 Å². The van der Waals surface area contributed by atoms with E-state index in [-0.39, 0.29) is 11.8 Å². The van der Waals surface area contributed by atoms with Crippen molar-refractivity contribution >= 4 is 23.2 Å². The maximum atomic E-state index is 12.6. The van der Waals surface area contributed by atoms with Gasteiger partial charge in [0.1, 0.15) is 0 Å². The molecule has 0 unspecified atom stereocenters. The van der Waals surface area contributed by atoms with Crippen LogP contribution in [0.5, 0.6) is 0 Å². The van der Waals surface area contributed by atoms with Crippen molar-refractivity contribution in [3.63, 3.8) is 0 Å². The van der Waals surface area contributed by atoms with E-state index in [2.05, 4.69) is 23.6 Å². The van der Waals surface area contributed by atoms with Crippen LogP contribution in [0.25, 0.3) is 0 Å². The third-order valence-electron chi connectivity index (χ3n) is 4.62. The molecule has 1 saturated heterocycles. The first-order valence-corrected chi connectivity index (χ1v) is 9.77. The second kappa shape index (κ2) is 7.66. The van der Waals surface area contributed by atoms with Crippen LogP contribution in [0.1, 0.15) is 36.4 Å². The molecule has 1 aromatic rings. The molecule has 0 spiro atoms. The molecule has 2 amide bonds. The van der Waals surface area contributed by atoms with Crippen LogP contribution in [0.3, 0.4) is 0 Å². The summed E-state index contributed by atoms with van der Waals surface area (Å²) >= 11 is 1.49. The highest BCUT2D eigenvalue weighted by Gasteiger charge is 2.34. The maximum absolute atomic E-state index is 12.6. The lowest BCUT2D eigenvalue weighted by atomic mass is 10.2. The summed E-state index contributed by atoms with van der Waals surface area (Å²) < 4.78 is 0. The summed E-state index contributed by atoms with van der Waals surface area (Å²) in [5.74, 6) is 0.884. The Bertz CT molecular complexity index is 561. The van der Waals surface area contributed by atoms with E-state index < -0.39 is 0 Å². The molecule has 1 saturated carbocycles. The summed E-state index contributed by atoms with van der Waals surface area (Å²) in [5, 5.41) is 1.93. The highest BCUT2D eigenvalue weighted by atomic mass is 32.1. The second-order valence-electron chi connectivity index (χ2n) is 7.22. The molecule has 24 heavy (non-hydrogen) atoms. The third kappa shape index (κ3) is 4.36. The number of carbonyl (C=O) groups is 2. The van der Waals surface area contributed by atoms with Crippen molar-refractivity contribution in [2.24, 2.45) is 5.92 Å². The molecule has 5 nitrogen and oxygen atoms in total. The van der Waals surface area contributed by atoms with Crippen LogP contribution in [0.15, 0.2) is 17.5 Å². The molecular weight excluding hydrogens is 322 g/mol. The molecule has 0 bridgehead atoms. The topological polar surface area (TPSA) is 43.9 Å². The lowest BCUT2D eigenvalue weighted by Gasteiger charge is -2.35. The molecular formula is C18H27N3O2S. The van der Waals surface area contributed by atoms with Crippen LogP contribution in [0.4, 0.5) is 0 Å². The van der Waals surface area contributed by atoms with Gasteiger partial charge in [-0.2, -0.15) is 0 Å². The number of hydrogen-bond acceptors (Lipinski definition) is 4. The number of rotatable bonds is 6. The van der Waals surface area contributed by atoms with Gasteiger partial charge >= 0.3 is 0 Å². The van der Waals surface area contributed by atoms with Gasteiger partial charge in [-0.25, -0.2) is 0 Å². The minimum Gasteiger partial charge on any atom is -0.338 e. The fourth-order valence-electron chi connectivity index (χ4n) is 3.18. The van der Waals surface area contributed by atoms with E-state index in [1.165, 1.54) is 11.3 Å². The summed E-state index contributed by atoms with van der Waals surface area (Å²) in [6.45, 7) is 8.65. The van der Waals surface area contributed by atoms with Gasteiger partial charge in [0, 0.05) is 38.8 Å². The van der Waals surface area contributed by atoms with Crippen LogP contribution < -0.4 is 0 Å². The van der Waals surface area contributed by atoms with Crippen molar-refractivity contribution in [1.29, 1.82) is 0 Å². The molecule has 2 aliphatic rings. The quantitative estimate of drug-likeness (QED) is 0.790. The normalized spacial score (nSPS) is 18.9. The van der Waals surface area contributed by atoms with Crippen molar-refractivity contribution in [3.05, 3.63) is 22.4 Å². The number of nitrogens with zero attached hydrogens (tertiary/aromatic N) is 3. The molecule has 0 aromatic carbocycles. The molecule has 0 radical (unpaired) electrons. The Labute approximate surface area is 148 Å². The second-order valence-corrected chi connectivity index (χ2v) is 8.16. The van der Waals surface area contributed by atoms with Crippen molar-refractivity contribution < 1.29 is 9.59 Å². The van der Waals surface area contributed by atoms with E-state index in [0.29, 0.717) is 31.6 Å². The van der Waals surface area contributed by atoms with Gasteiger partial charge in [-0.1, -0.05) is 19.9 Å². The van der Waals surface area contributed by atoms with E-state index in [0.717, 1.165) is 37.4 Å². The van der Waals surface area contributed by atoms with Crippen molar-refractivity contribution in [2.45, 2.75) is 32.7 Å². The van der Waals surface area contributed by atoms with Crippen LogP contribution >= 0.6 is 11.3 Å². The molecule has 1 aliphatic heterocycles. The minimum atomic E-state index is 0.121. The van der Waals surface area contributed by atoms with E-state index in [9.17, 15) is 9.59 Å². The van der Waals surface area contributed by atoms with Crippen LogP contribution in [-0.4, -0.2) is 71.8 Å². The lowest BCUT2D eigenvalue weighted by molar-refractivity contribution is -0.133. The standard InChI is InChI=1S/C18H27N3O2S/c1-14(2)12-21(15-5-6-15)17(22)13-19-7-9-20(10-8-19)18(23)16-4-3-11-24-16/h3-4,11,14-15H,5-10,12-13H2,1-2H3. The Morgan fingerprint density at radius 2 is 1.96 bits per heavy atom. The largest absolute Gasteiger partial charge is 0.338 e. The zero-order chi connectivity index (χ0) is 17.1. The number of thiophene rings is 1. The van der Waals surface area contributed by atoms with Gasteiger partial charge in [0.05, 0.1) is 11.4 Å². The molecule has 1 aliphatic carbocycles. The fraction of sp³-hybridized carbons (Fsp3) is 0.667. The SMILES string of the molecule is CC(C)CN(C(=O)CN1CCN(C(=O)c2cccs2)CC1)C1CC1. The van der Waals surface area contributed by atoms with Crippen molar-refractivity contribution in [2.75, 3.05) is 39.3 Å². The van der Waals surface area contributed by atoms with Crippen LogP contribution in [-0.2, 0) is 4.79 Å². The minimum absolute atomic E-state index is 0.121. The van der Waals surface area contributed by atoms with E-state index in [1.54, 1.807) is 0 Å². The van der Waals surface area contributed by atoms with Crippen LogP contribution in [0.2, 0.25) is 0 Å². The van der Waals surface area contributed by atoms with Gasteiger partial charge in [0.25, 0.3) is 5.91 Å². The van der Waals surface area contributed by atoms with Gasteiger partial charge in [0.15, 0.2) is 0 Å². The number of hydrogen-bond donors (Lipinski definition) is 0. The predicted molar refractivity (Wildman–Crippen MR) is 96.2 cm³/mol. The molecule has 132 valence electrons. The Balaban J connectivity index is 1.48. The van der Waals surface area contributed by atoms with Crippen molar-refractivity contribution in [3.8, 4) is 0 Å². The molecule has 1 aromatic heterocycles. The highest BCUT2D eigenvalue weighted by molar-refractivity contribution is 7.12. The number of carbonyl (C=O) groups excluding carboxylic acids is 2. The van der Waals surface area contributed by atoms with Gasteiger partial charge in [-0.3, -0.25) is 14.5 Å². The average Bonchev–Trinajstić information content (AvgIpc) is 3.25. The van der Waals surface area contributed by atoms with E-state index in [4.69, 9.17) is 0 Å². The van der Waals surface area contributed by atoms with Gasteiger partial charge in [0.2, 0.25) is 5.91 Å². The summed E-state index contributed by atoms with van der Waals surface area (Å²) in [4.78, 5) is 32.0. The first kappa shape index (κ1) is 17.4. The Kier molecular flexibility index (Phi) is 5.56.